The van der Waals surface area contributed by atoms with Gasteiger partial charge in [-0.2, -0.15) is 0 Å². The van der Waals surface area contributed by atoms with E-state index in [1.165, 1.54) is 0 Å². The number of aliphatic hydroxyl groups is 10. The maximum Gasteiger partial charge on any atom is 0.308 e. The number of ether oxygens (including phenoxy) is 10. The van der Waals surface area contributed by atoms with Crippen LogP contribution in [0.15, 0.2) is 85.1 Å². The van der Waals surface area contributed by atoms with Crippen LogP contribution in [0.1, 0.15) is 79.1 Å². The van der Waals surface area contributed by atoms with Crippen molar-refractivity contribution in [2.45, 2.75) is 177 Å². The van der Waals surface area contributed by atoms with E-state index in [-0.39, 0.29) is 58.0 Å². The van der Waals surface area contributed by atoms with Crippen LogP contribution < -0.4 is 11.1 Å². The molecular formula is C60H100N2O22. The third-order valence-corrected chi connectivity index (χ3v) is 14.5. The molecule has 3 rings (SSSR count). The Balaban J connectivity index is 1.79. The van der Waals surface area contributed by atoms with Gasteiger partial charge in [-0.05, 0) is 33.1 Å². The van der Waals surface area contributed by atoms with Gasteiger partial charge in [0.05, 0.1) is 158 Å². The van der Waals surface area contributed by atoms with E-state index in [1.54, 1.807) is 82.6 Å². The highest BCUT2D eigenvalue weighted by molar-refractivity contribution is 5.80. The summed E-state index contributed by atoms with van der Waals surface area (Å²) >= 11 is 0. The first-order chi connectivity index (χ1) is 40.2. The summed E-state index contributed by atoms with van der Waals surface area (Å²) in [5.41, 5.74) is 6.15. The number of aliphatic hydroxyl groups excluding tert-OH is 9. The molecule has 0 aliphatic carbocycles. The zero-order chi connectivity index (χ0) is 61.9. The quantitative estimate of drug-likeness (QED) is 0.0549. The Bertz CT molecular complexity index is 2010. The number of hydrogen-bond donors (Lipinski definition) is 12. The highest BCUT2D eigenvalue weighted by Crippen LogP contribution is 2.38. The summed E-state index contributed by atoms with van der Waals surface area (Å²) in [7, 11) is 1.60. The highest BCUT2D eigenvalue weighted by Gasteiger charge is 2.51. The van der Waals surface area contributed by atoms with Crippen molar-refractivity contribution in [2.24, 2.45) is 23.5 Å². The minimum absolute atomic E-state index is 0.0141. The van der Waals surface area contributed by atoms with Crippen LogP contribution in [0, 0.1) is 17.8 Å². The monoisotopic (exact) mass is 1200 g/mol. The van der Waals surface area contributed by atoms with Gasteiger partial charge < -0.3 is 109 Å². The molecule has 0 aromatic rings. The van der Waals surface area contributed by atoms with Gasteiger partial charge in [0.1, 0.15) is 12.2 Å². The number of allylic oxidation sites excluding steroid dienone is 12. The Morgan fingerprint density at radius 2 is 1.12 bits per heavy atom. The van der Waals surface area contributed by atoms with Gasteiger partial charge in [0.2, 0.25) is 5.91 Å². The second-order valence-electron chi connectivity index (χ2n) is 21.6. The van der Waals surface area contributed by atoms with Crippen molar-refractivity contribution < 1.29 is 108 Å². The Kier molecular flexibility index (Phi) is 37.5. The second-order valence-corrected chi connectivity index (χ2v) is 21.6. The fraction of sp³-hybridized carbons (Fsp3) is 0.733. The van der Waals surface area contributed by atoms with Gasteiger partial charge in [-0.25, -0.2) is 0 Å². The van der Waals surface area contributed by atoms with Crippen LogP contribution in [-0.4, -0.2) is 247 Å². The predicted molar refractivity (Wildman–Crippen MR) is 308 cm³/mol. The maximum atomic E-state index is 14.1. The number of carbonyl (C=O) groups is 2. The average Bonchev–Trinajstić information content (AvgIpc) is 1.77. The standard InChI is InChI=1S/C60H100N2O22/c1-40-18-16-14-12-10-8-6-7-9-11-13-15-17-19-47(83-59-57(72)54(61)56(71)43(4)82-59)37-51-53(58(73)62-22-23-76-26-27-78-30-31-80-33-32-79-29-28-77-25-24-75-5)50(68)39-60(74,84-51)38-46(65)34-44(63)20-21-48(66)49(67)35-45(64)36-52(69)81-42(3)41(2)55(40)70/h6-19,40-51,53-57,59,63-68,70-72,74H,20-39,61H2,1-5H3,(H,62,73)/b7-6+,10-8+,11-9+,14-12+,15-13+,18-16-,19-17+/t40-,41+,42-,43?,44-,45+,46-,47-,48-,49-,50-,51-,53+,54?,55+,56?,57?,59?,60+/m0/s1. The van der Waals surface area contributed by atoms with Crippen molar-refractivity contribution in [3.63, 3.8) is 0 Å². The van der Waals surface area contributed by atoms with Crippen LogP contribution in [0.3, 0.4) is 0 Å². The molecule has 0 saturated carbocycles. The lowest BCUT2D eigenvalue weighted by atomic mass is 9.82. The van der Waals surface area contributed by atoms with Crippen LogP contribution in [0.25, 0.3) is 0 Å². The molecule has 24 nitrogen and oxygen atoms in total. The first kappa shape index (κ1) is 74.6. The van der Waals surface area contributed by atoms with Gasteiger partial charge in [-0.3, -0.25) is 9.59 Å². The number of hydrogen-bond acceptors (Lipinski definition) is 23. The molecule has 84 heavy (non-hydrogen) atoms. The van der Waals surface area contributed by atoms with Crippen LogP contribution in [-0.2, 0) is 57.0 Å². The van der Waals surface area contributed by atoms with E-state index in [9.17, 15) is 60.7 Å². The molecule has 0 radical (unpaired) electrons. The fourth-order valence-corrected chi connectivity index (χ4v) is 9.48. The molecule has 3 aliphatic heterocycles. The predicted octanol–water partition coefficient (Wildman–Crippen LogP) is 0.473. The first-order valence-corrected chi connectivity index (χ1v) is 29.3. The van der Waals surface area contributed by atoms with Crippen molar-refractivity contribution in [3.8, 4) is 0 Å². The lowest BCUT2D eigenvalue weighted by molar-refractivity contribution is -0.307. The number of amides is 1. The van der Waals surface area contributed by atoms with E-state index in [0.717, 1.165) is 0 Å². The Hall–Kier alpha value is -3.68. The number of carbonyl (C=O) groups excluding carboxylic acids is 2. The maximum absolute atomic E-state index is 14.1. The molecule has 2 bridgehead atoms. The molecule has 0 aromatic heterocycles. The largest absolute Gasteiger partial charge is 0.462 e. The van der Waals surface area contributed by atoms with Gasteiger partial charge >= 0.3 is 5.97 Å². The van der Waals surface area contributed by atoms with E-state index in [1.807, 2.05) is 37.3 Å². The minimum atomic E-state index is -2.28. The van der Waals surface area contributed by atoms with Crippen molar-refractivity contribution in [2.75, 3.05) is 86.3 Å². The van der Waals surface area contributed by atoms with Crippen LogP contribution >= 0.6 is 0 Å². The molecule has 2 fully saturated rings. The summed E-state index contributed by atoms with van der Waals surface area (Å²) < 4.78 is 56.3. The Morgan fingerprint density at radius 3 is 1.68 bits per heavy atom. The van der Waals surface area contributed by atoms with Gasteiger partial charge in [-0.1, -0.05) is 98.9 Å². The van der Waals surface area contributed by atoms with Gasteiger partial charge in [-0.15, -0.1) is 0 Å². The van der Waals surface area contributed by atoms with E-state index >= 15 is 0 Å². The summed E-state index contributed by atoms with van der Waals surface area (Å²) in [6, 6.07) is -1.15. The zero-order valence-electron chi connectivity index (χ0n) is 49.6. The van der Waals surface area contributed by atoms with Crippen LogP contribution in [0.4, 0.5) is 0 Å². The van der Waals surface area contributed by atoms with Crippen molar-refractivity contribution in [1.82, 2.24) is 5.32 Å². The molecule has 3 heterocycles. The summed E-state index contributed by atoms with van der Waals surface area (Å²) in [6.07, 6.45) is 4.09. The summed E-state index contributed by atoms with van der Waals surface area (Å²) in [4.78, 5) is 26.8. The molecule has 13 N–H and O–H groups in total. The van der Waals surface area contributed by atoms with Crippen LogP contribution in [0.5, 0.6) is 0 Å². The van der Waals surface area contributed by atoms with E-state index in [4.69, 9.17) is 53.1 Å². The van der Waals surface area contributed by atoms with Gasteiger partial charge in [0.15, 0.2) is 12.1 Å². The van der Waals surface area contributed by atoms with Gasteiger partial charge in [0, 0.05) is 51.2 Å². The molecule has 24 heteroatoms. The Labute approximate surface area is 495 Å². The topological polar surface area (TPSA) is 367 Å². The number of rotatable bonds is 21. The molecule has 3 aliphatic rings. The summed E-state index contributed by atoms with van der Waals surface area (Å²) in [5.74, 6) is -5.82. The molecule has 19 atom stereocenters. The smallest absolute Gasteiger partial charge is 0.308 e. The third kappa shape index (κ3) is 29.8. The first-order valence-electron chi connectivity index (χ1n) is 29.3. The minimum Gasteiger partial charge on any atom is -0.462 e. The number of nitrogens with one attached hydrogen (secondary N) is 1. The Morgan fingerprint density at radius 1 is 0.595 bits per heavy atom. The average molecular weight is 1200 g/mol. The number of nitrogens with two attached hydrogens (primary N) is 1. The molecule has 5 unspecified atom stereocenters. The molecule has 482 valence electrons. The van der Waals surface area contributed by atoms with E-state index in [0.29, 0.717) is 52.9 Å². The van der Waals surface area contributed by atoms with Crippen molar-refractivity contribution >= 4 is 11.9 Å². The summed E-state index contributed by atoms with van der Waals surface area (Å²) in [5, 5.41) is 113. The molecular weight excluding hydrogens is 1100 g/mol. The molecule has 2 saturated heterocycles. The molecule has 1 amide bonds. The SMILES string of the molecule is COCCOCCOCCOCCOCCOCCNC(=O)[C@H]1[C@@H]2C[C@@H](OC3OC(C)C(O)C(N)C3O)/C=C/C=C/C=C/C=C/C=C/C=C/C=C\[C@H](C)[C@@H](O)[C@H](C)[C@H](C)OC(=O)C[C@H](O)C[C@H](O)[C@@H](O)CC[C@H](O)C[C@H](O)C[C@](O)(C[C@@H]1O)O2. The van der Waals surface area contributed by atoms with E-state index in [2.05, 4.69) is 5.32 Å². The summed E-state index contributed by atoms with van der Waals surface area (Å²) in [6.45, 7) is 10.7. The number of methoxy groups -OCH3 is 1. The molecule has 0 spiro atoms. The second kappa shape index (κ2) is 42.2. The normalized spacial score (nSPS) is 37.9. The number of fused-ring (bicyclic) bond motifs is 2. The third-order valence-electron chi connectivity index (χ3n) is 14.5. The lowest BCUT2D eigenvalue weighted by Crippen LogP contribution is -2.62. The van der Waals surface area contributed by atoms with Crippen molar-refractivity contribution in [1.29, 1.82) is 0 Å². The van der Waals surface area contributed by atoms with Crippen LogP contribution in [0.2, 0.25) is 0 Å². The number of cyclic esters (lactones) is 1. The highest BCUT2D eigenvalue weighted by atomic mass is 16.7. The fourth-order valence-electron chi connectivity index (χ4n) is 9.48. The number of esters is 1. The zero-order valence-corrected chi connectivity index (χ0v) is 49.6. The van der Waals surface area contributed by atoms with Gasteiger partial charge in [0.25, 0.3) is 0 Å². The van der Waals surface area contributed by atoms with Crippen molar-refractivity contribution in [3.05, 3.63) is 85.1 Å². The molecule has 0 aromatic carbocycles. The van der Waals surface area contributed by atoms with E-state index < -0.39 is 147 Å². The lowest BCUT2D eigenvalue weighted by Gasteiger charge is -2.46.